The fourth-order valence-electron chi connectivity index (χ4n) is 8.27. The van der Waals surface area contributed by atoms with E-state index in [4.69, 9.17) is 5.48 Å². The number of nitrogens with one attached hydrogen (secondary N) is 6. The third-order valence-corrected chi connectivity index (χ3v) is 13.1. The van der Waals surface area contributed by atoms with Crippen LogP contribution in [0.5, 0.6) is 0 Å². The highest BCUT2D eigenvalue weighted by molar-refractivity contribution is 5.79. The second kappa shape index (κ2) is 33.5. The first-order chi connectivity index (χ1) is 48.7. The van der Waals surface area contributed by atoms with Crippen molar-refractivity contribution in [1.82, 2.24) is 45.9 Å². The van der Waals surface area contributed by atoms with Crippen LogP contribution in [0.1, 0.15) is 73.4 Å². The maximum atomic E-state index is 14.5. The van der Waals surface area contributed by atoms with Gasteiger partial charge in [0, 0.05) is 55.4 Å². The van der Waals surface area contributed by atoms with Gasteiger partial charge in [-0.25, -0.2) is 13.2 Å². The molecule has 24 nitrogen and oxygen atoms in total. The molecule has 9 rings (SSSR count). The topological polar surface area (TPSA) is 344 Å². The number of rotatable bonds is 24. The molecule has 0 bridgehead atoms. The molecule has 99 heavy (non-hydrogen) atoms. The molecule has 36 heteroatoms. The minimum Gasteiger partial charge on any atom is -0.350 e. The highest BCUT2D eigenvalue weighted by atomic mass is 19.3. The van der Waals surface area contributed by atoms with Crippen LogP contribution in [0.4, 0.5) is 70.1 Å². The minimum absolute atomic E-state index is 0.0128. The zero-order chi connectivity index (χ0) is 75.6. The maximum absolute atomic E-state index is 14.5. The molecule has 0 spiro atoms. The molecule has 9 aromatic rings. The SMILES string of the molecule is [2H]C([2H])(NC(=O)Cc1c(C#N)cc(F)c(NCC(F)(F)c2ccccn2)[n+]1O)c1ncccc1F.[2H][C@@H](NC(=O)Cc1c(C#N)cc(F)c(NCC(F)(F)c2ccccn2)[n+]1O)c1ncccc1F.[2H][C@H](NC(=O)Cc1c(C#N)cc(F)c(NCC(F)(F)c2ccccn2)[n+]1O)c1ncccc1F. The van der Waals surface area contributed by atoms with E-state index in [9.17, 15) is 98.5 Å². The molecule has 0 saturated carbocycles. The van der Waals surface area contributed by atoms with Crippen LogP contribution in [0, 0.1) is 68.9 Å². The van der Waals surface area contributed by atoms with Crippen molar-refractivity contribution in [2.24, 2.45) is 0 Å². The molecule has 9 N–H and O–H groups in total. The largest absolute Gasteiger partial charge is 0.350 e. The average Bonchev–Trinajstić information content (AvgIpc) is 0.809. The number of alkyl halides is 6. The Morgan fingerprint density at radius 2 is 0.697 bits per heavy atom. The summed E-state index contributed by atoms with van der Waals surface area (Å²) in [6, 6.07) is 25.0. The Labute approximate surface area is 557 Å². The lowest BCUT2D eigenvalue weighted by Crippen LogP contribution is -2.44. The van der Waals surface area contributed by atoms with E-state index in [0.29, 0.717) is 18.2 Å². The van der Waals surface area contributed by atoms with Gasteiger partial charge < -0.3 is 31.6 Å². The van der Waals surface area contributed by atoms with Gasteiger partial charge in [0.25, 0.3) is 0 Å². The molecule has 3 amide bonds. The highest BCUT2D eigenvalue weighted by Gasteiger charge is 2.40. The van der Waals surface area contributed by atoms with Gasteiger partial charge in [-0.3, -0.25) is 60.2 Å². The predicted molar refractivity (Wildman–Crippen MR) is 315 cm³/mol. The van der Waals surface area contributed by atoms with Crippen LogP contribution < -0.4 is 46.1 Å². The Morgan fingerprint density at radius 1 is 0.414 bits per heavy atom. The fourth-order valence-corrected chi connectivity index (χ4v) is 8.27. The molecule has 0 radical (unpaired) electrons. The lowest BCUT2D eigenvalue weighted by atomic mass is 10.1. The number of pyridine rings is 9. The Balaban J connectivity index is 0.000000216. The van der Waals surface area contributed by atoms with Crippen LogP contribution in [0.3, 0.4) is 0 Å². The molecule has 9 aromatic heterocycles. The third-order valence-electron chi connectivity index (χ3n) is 13.1. The number of carbonyl (C=O) groups is 3. The Hall–Kier alpha value is -12.8. The summed E-state index contributed by atoms with van der Waals surface area (Å²) in [4.78, 5) is 58.7. The van der Waals surface area contributed by atoms with Crippen molar-refractivity contribution >= 4 is 35.2 Å². The van der Waals surface area contributed by atoms with Crippen LogP contribution in [0.15, 0.2) is 146 Å². The number of carbonyl (C=O) groups excluding carboxylic acids is 3. The second-order valence-electron chi connectivity index (χ2n) is 19.9. The summed E-state index contributed by atoms with van der Waals surface area (Å²) in [7, 11) is 0. The van der Waals surface area contributed by atoms with Crippen LogP contribution in [0.25, 0.3) is 0 Å². The van der Waals surface area contributed by atoms with E-state index in [0.717, 1.165) is 61.2 Å². The maximum Gasteiger partial charge on any atom is 0.350 e. The van der Waals surface area contributed by atoms with Crippen molar-refractivity contribution in [3.05, 3.63) is 249 Å². The van der Waals surface area contributed by atoms with Crippen LogP contribution in [0.2, 0.25) is 0 Å². The van der Waals surface area contributed by atoms with Crippen LogP contribution >= 0.6 is 0 Å². The number of aromatic nitrogens is 9. The average molecular weight is 1390 g/mol. The first-order valence-electron chi connectivity index (χ1n) is 30.1. The van der Waals surface area contributed by atoms with Gasteiger partial charge in [0.05, 0.1) is 61.4 Å². The monoisotopic (exact) mass is 1390 g/mol. The lowest BCUT2D eigenvalue weighted by molar-refractivity contribution is -0.899. The number of amides is 3. The molecule has 0 aromatic carbocycles. The van der Waals surface area contributed by atoms with E-state index in [1.165, 1.54) is 67.0 Å². The molecule has 510 valence electrons. The van der Waals surface area contributed by atoms with E-state index in [1.807, 2.05) is 10.6 Å². The van der Waals surface area contributed by atoms with Crippen molar-refractivity contribution in [3.63, 3.8) is 0 Å². The molecule has 0 saturated heterocycles. The van der Waals surface area contributed by atoms with Crippen LogP contribution in [-0.4, -0.2) is 82.9 Å². The molecule has 2 atom stereocenters. The molecule has 0 aliphatic heterocycles. The Bertz CT molecular complexity index is 4500. The van der Waals surface area contributed by atoms with E-state index in [-0.39, 0.29) is 25.6 Å². The number of halogens is 12. The first-order valence-corrected chi connectivity index (χ1v) is 28.0. The predicted octanol–water partition coefficient (Wildman–Crippen LogP) is 6.64. The molecule has 0 unspecified atom stereocenters. The zero-order valence-electron chi connectivity index (χ0n) is 54.2. The van der Waals surface area contributed by atoms with Crippen molar-refractivity contribution in [2.75, 3.05) is 35.6 Å². The molecule has 0 aliphatic rings. The van der Waals surface area contributed by atoms with Crippen molar-refractivity contribution in [1.29, 1.82) is 15.8 Å². The number of anilines is 3. The highest BCUT2D eigenvalue weighted by Crippen LogP contribution is 2.30. The molecule has 0 fully saturated rings. The van der Waals surface area contributed by atoms with Crippen molar-refractivity contribution < 1.29 is 102 Å². The van der Waals surface area contributed by atoms with Gasteiger partial charge >= 0.3 is 35.2 Å². The van der Waals surface area contributed by atoms with Gasteiger partial charge in [-0.2, -0.15) is 55.3 Å². The van der Waals surface area contributed by atoms with Gasteiger partial charge in [-0.05, 0) is 87.0 Å². The number of hydrogen-bond donors (Lipinski definition) is 9. The second-order valence-corrected chi connectivity index (χ2v) is 19.9. The van der Waals surface area contributed by atoms with Gasteiger partial charge in [-0.15, -0.1) is 0 Å². The van der Waals surface area contributed by atoms with E-state index < -0.39 is 203 Å². The smallest absolute Gasteiger partial charge is 0.350 e. The van der Waals surface area contributed by atoms with Gasteiger partial charge in [0.15, 0.2) is 36.7 Å². The van der Waals surface area contributed by atoms with E-state index in [2.05, 4.69) is 51.2 Å². The summed E-state index contributed by atoms with van der Waals surface area (Å²) in [6.07, 6.45) is 4.61. The van der Waals surface area contributed by atoms with Gasteiger partial charge in [0.2, 0.25) is 35.2 Å². The summed E-state index contributed by atoms with van der Waals surface area (Å²) >= 11 is 0. The normalized spacial score (nSPS) is 12.4. The van der Waals surface area contributed by atoms with Crippen molar-refractivity contribution in [3.8, 4) is 18.2 Å². The molecular weight excluding hydrogens is 1330 g/mol. The zero-order valence-corrected chi connectivity index (χ0v) is 50.2. The number of hydrogen-bond acceptors (Lipinski definition) is 18. The summed E-state index contributed by atoms with van der Waals surface area (Å²) in [5.41, 5.74) is -6.12. The molecule has 9 heterocycles. The standard InChI is InChI=1S/3C21H16F4N6O2/c3*22-14-4-3-7-27-16(14)11-29-19(32)9-17-13(10-26)8-15(23)20(31(17)33)30-12-21(24,25)18-5-1-2-6-28-18/h3*1-8,33H,9,11-12H2,(H,29,32)/p+3/i11D2;2*11D/t;2*11-/m.10/s1. The lowest BCUT2D eigenvalue weighted by Gasteiger charge is -2.15. The Morgan fingerprint density at radius 3 is 0.970 bits per heavy atom. The number of nitrogens with zero attached hydrogens (tertiary/aromatic N) is 12. The third kappa shape index (κ3) is 19.7. The summed E-state index contributed by atoms with van der Waals surface area (Å²) < 4.78 is 203. The van der Waals surface area contributed by atoms with Gasteiger partial charge in [-0.1, -0.05) is 18.2 Å². The minimum atomic E-state index is -3.57. The number of nitriles is 3. The Kier molecular flexibility index (Phi) is 22.9. The molecule has 0 aliphatic carbocycles. The van der Waals surface area contributed by atoms with E-state index in [1.54, 1.807) is 18.2 Å². The summed E-state index contributed by atoms with van der Waals surface area (Å²) in [5.74, 6) is -22.6. The van der Waals surface area contributed by atoms with Crippen LogP contribution in [-0.2, 0) is 71.0 Å². The summed E-state index contributed by atoms with van der Waals surface area (Å²) in [5, 5.41) is 71.3. The van der Waals surface area contributed by atoms with Crippen molar-refractivity contribution in [2.45, 2.75) is 56.6 Å². The van der Waals surface area contributed by atoms with Gasteiger partial charge in [0.1, 0.15) is 69.4 Å². The quantitative estimate of drug-likeness (QED) is 0.0174. The first kappa shape index (κ1) is 67.6. The fraction of sp³-hybridized carbons (Fsp3) is 0.190. The van der Waals surface area contributed by atoms with E-state index >= 15 is 0 Å². The molecular formula is C63H51F12N18O6+3. The summed E-state index contributed by atoms with van der Waals surface area (Å²) in [6.45, 7) is -9.51.